The summed E-state index contributed by atoms with van der Waals surface area (Å²) in [5.74, 6) is -1.51. The van der Waals surface area contributed by atoms with Crippen molar-refractivity contribution in [3.05, 3.63) is 88.5 Å². The van der Waals surface area contributed by atoms with Crippen LogP contribution in [0.15, 0.2) is 54.9 Å². The van der Waals surface area contributed by atoms with Crippen molar-refractivity contribution in [1.82, 2.24) is 29.7 Å². The van der Waals surface area contributed by atoms with Crippen LogP contribution in [0.2, 0.25) is 5.15 Å². The summed E-state index contributed by atoms with van der Waals surface area (Å²) < 4.78 is 34.7. The number of carbonyl (C=O) groups excluding carboxylic acids is 1. The molecule has 198 valence electrons. The van der Waals surface area contributed by atoms with Crippen molar-refractivity contribution in [2.75, 3.05) is 23.5 Å². The van der Waals surface area contributed by atoms with Crippen molar-refractivity contribution in [2.24, 2.45) is 0 Å². The van der Waals surface area contributed by atoms with Crippen LogP contribution in [-0.4, -0.2) is 42.9 Å². The second kappa shape index (κ2) is 10.5. The minimum atomic E-state index is -0.775. The Kier molecular flexibility index (Phi) is 6.90. The highest BCUT2D eigenvalue weighted by Crippen LogP contribution is 2.31. The van der Waals surface area contributed by atoms with Crippen molar-refractivity contribution in [3.63, 3.8) is 0 Å². The first-order valence-corrected chi connectivity index (χ1v) is 11.8. The molecule has 0 aliphatic rings. The molecule has 0 aliphatic heterocycles. The molecule has 0 unspecified atom stereocenters. The Morgan fingerprint density at radius 3 is 2.49 bits per heavy atom. The summed E-state index contributed by atoms with van der Waals surface area (Å²) in [6, 6.07) is 10.6. The molecule has 0 bridgehead atoms. The number of hydrogen-bond acceptors (Lipinski definition) is 9. The molecule has 0 atom stereocenters. The second-order valence-electron chi connectivity index (χ2n) is 8.34. The van der Waals surface area contributed by atoms with Gasteiger partial charge in [-0.15, -0.1) is 0 Å². The van der Waals surface area contributed by atoms with Crippen LogP contribution >= 0.6 is 11.6 Å². The topological polar surface area (TPSA) is 151 Å². The van der Waals surface area contributed by atoms with E-state index in [2.05, 4.69) is 25.0 Å². The Labute approximate surface area is 225 Å². The van der Waals surface area contributed by atoms with Gasteiger partial charge < -0.3 is 16.2 Å². The Balaban J connectivity index is 1.59. The standard InChI is InChI=1S/C25H20ClF2N9O2/c1-39-25(38)36(12-13-6-7-19(26)31-10-13)21-22(29)33-24(34-23(21)30)37-18-9-15(27)11-32-20(18)17(35-37)8-14-4-2-3-5-16(14)28/h2-7,9-11H,8,12H2,1H3,(H4,29,30,33,34). The molecular formula is C25H20ClF2N9O2. The number of rotatable bonds is 6. The van der Waals surface area contributed by atoms with Gasteiger partial charge in [-0.2, -0.15) is 19.7 Å². The van der Waals surface area contributed by atoms with Crippen LogP contribution in [-0.2, 0) is 17.7 Å². The van der Waals surface area contributed by atoms with E-state index in [0.29, 0.717) is 22.3 Å². The zero-order chi connectivity index (χ0) is 27.7. The molecule has 11 nitrogen and oxygen atoms in total. The lowest BCUT2D eigenvalue weighted by atomic mass is 10.1. The zero-order valence-corrected chi connectivity index (χ0v) is 21.1. The lowest BCUT2D eigenvalue weighted by Gasteiger charge is -2.23. The molecule has 4 heterocycles. The number of methoxy groups -OCH3 is 1. The van der Waals surface area contributed by atoms with E-state index in [4.69, 9.17) is 27.8 Å². The normalized spacial score (nSPS) is 11.1. The van der Waals surface area contributed by atoms with Crippen LogP contribution in [0.1, 0.15) is 16.8 Å². The number of carbonyl (C=O) groups is 1. The van der Waals surface area contributed by atoms with Gasteiger partial charge in [0.05, 0.1) is 31.1 Å². The molecule has 4 N–H and O–H groups in total. The van der Waals surface area contributed by atoms with Crippen molar-refractivity contribution in [3.8, 4) is 5.95 Å². The molecule has 1 amide bonds. The summed E-state index contributed by atoms with van der Waals surface area (Å²) in [5, 5.41) is 4.76. The first kappa shape index (κ1) is 25.7. The van der Waals surface area contributed by atoms with Gasteiger partial charge in [0.25, 0.3) is 5.95 Å². The van der Waals surface area contributed by atoms with Crippen molar-refractivity contribution in [1.29, 1.82) is 0 Å². The third-order valence-corrected chi connectivity index (χ3v) is 6.01. The van der Waals surface area contributed by atoms with Crippen molar-refractivity contribution < 1.29 is 18.3 Å². The van der Waals surface area contributed by atoms with Crippen LogP contribution < -0.4 is 16.4 Å². The number of halogens is 3. The number of pyridine rings is 2. The predicted octanol–water partition coefficient (Wildman–Crippen LogP) is 4.07. The first-order chi connectivity index (χ1) is 18.7. The zero-order valence-electron chi connectivity index (χ0n) is 20.3. The quantitative estimate of drug-likeness (QED) is 0.297. The maximum atomic E-state index is 14.3. The molecule has 0 fully saturated rings. The number of nitrogens with zero attached hydrogens (tertiary/aromatic N) is 7. The van der Waals surface area contributed by atoms with Crippen LogP contribution in [0.25, 0.3) is 17.0 Å². The molecule has 4 aromatic heterocycles. The average Bonchev–Trinajstić information content (AvgIpc) is 3.26. The van der Waals surface area contributed by atoms with Gasteiger partial charge in [0.2, 0.25) is 0 Å². The highest BCUT2D eigenvalue weighted by molar-refractivity contribution is 6.29. The summed E-state index contributed by atoms with van der Waals surface area (Å²) in [6.07, 6.45) is 1.81. The minimum absolute atomic E-state index is 0.00658. The second-order valence-corrected chi connectivity index (χ2v) is 8.72. The summed E-state index contributed by atoms with van der Waals surface area (Å²) in [6.45, 7) is -0.0272. The third-order valence-electron chi connectivity index (χ3n) is 5.78. The highest BCUT2D eigenvalue weighted by Gasteiger charge is 2.26. The Hall–Kier alpha value is -4.91. The smallest absolute Gasteiger partial charge is 0.414 e. The van der Waals surface area contributed by atoms with E-state index in [0.717, 1.165) is 11.1 Å². The molecule has 5 aromatic rings. The van der Waals surface area contributed by atoms with Crippen molar-refractivity contribution >= 4 is 46.1 Å². The van der Waals surface area contributed by atoms with Gasteiger partial charge in [-0.05, 0) is 23.3 Å². The fraction of sp³-hybridized carbons (Fsp3) is 0.120. The van der Waals surface area contributed by atoms with Crippen LogP contribution in [0, 0.1) is 11.6 Å². The Bertz CT molecular complexity index is 1670. The van der Waals surface area contributed by atoms with Gasteiger partial charge in [-0.25, -0.2) is 23.5 Å². The van der Waals surface area contributed by atoms with Gasteiger partial charge in [0.1, 0.15) is 28.0 Å². The Morgan fingerprint density at radius 1 is 1.08 bits per heavy atom. The molecule has 39 heavy (non-hydrogen) atoms. The monoisotopic (exact) mass is 551 g/mol. The lowest BCUT2D eigenvalue weighted by molar-refractivity contribution is 0.178. The molecule has 0 radical (unpaired) electrons. The number of fused-ring (bicyclic) bond motifs is 1. The van der Waals surface area contributed by atoms with Gasteiger partial charge in [-0.3, -0.25) is 4.90 Å². The first-order valence-electron chi connectivity index (χ1n) is 11.4. The van der Waals surface area contributed by atoms with Crippen molar-refractivity contribution in [2.45, 2.75) is 13.0 Å². The van der Waals surface area contributed by atoms with Crippen LogP contribution in [0.3, 0.4) is 0 Å². The van der Waals surface area contributed by atoms with Gasteiger partial charge >= 0.3 is 6.09 Å². The molecule has 0 spiro atoms. The van der Waals surface area contributed by atoms with E-state index >= 15 is 0 Å². The van der Waals surface area contributed by atoms with E-state index in [1.807, 2.05) is 0 Å². The predicted molar refractivity (Wildman–Crippen MR) is 140 cm³/mol. The molecule has 5 rings (SSSR count). The number of hydrogen-bond donors (Lipinski definition) is 2. The van der Waals surface area contributed by atoms with E-state index in [1.165, 1.54) is 30.1 Å². The summed E-state index contributed by atoms with van der Waals surface area (Å²) in [5.41, 5.74) is 14.4. The summed E-state index contributed by atoms with van der Waals surface area (Å²) in [7, 11) is 1.20. The summed E-state index contributed by atoms with van der Waals surface area (Å²) >= 11 is 5.86. The molecular weight excluding hydrogens is 532 g/mol. The number of nitrogen functional groups attached to an aromatic ring is 2. The number of benzene rings is 1. The maximum Gasteiger partial charge on any atom is 0.414 e. The number of aromatic nitrogens is 6. The number of amides is 1. The largest absolute Gasteiger partial charge is 0.452 e. The maximum absolute atomic E-state index is 14.3. The fourth-order valence-corrected chi connectivity index (χ4v) is 4.12. The average molecular weight is 552 g/mol. The van der Waals surface area contributed by atoms with E-state index < -0.39 is 17.7 Å². The van der Waals surface area contributed by atoms with Gasteiger partial charge in [0, 0.05) is 18.7 Å². The number of ether oxygens (including phenoxy) is 1. The number of nitrogens with two attached hydrogens (primary N) is 2. The molecule has 0 aliphatic carbocycles. The Morgan fingerprint density at radius 2 is 1.82 bits per heavy atom. The lowest BCUT2D eigenvalue weighted by Crippen LogP contribution is -2.32. The molecule has 1 aromatic carbocycles. The summed E-state index contributed by atoms with van der Waals surface area (Å²) in [4.78, 5) is 30.5. The fourth-order valence-electron chi connectivity index (χ4n) is 4.00. The molecule has 14 heteroatoms. The SMILES string of the molecule is COC(=O)N(Cc1ccc(Cl)nc1)c1c(N)nc(-n2nc(Cc3ccccc3F)c3ncc(F)cc32)nc1N. The van der Waals surface area contributed by atoms with E-state index in [1.54, 1.807) is 30.3 Å². The highest BCUT2D eigenvalue weighted by atomic mass is 35.5. The van der Waals surface area contributed by atoms with E-state index in [9.17, 15) is 13.6 Å². The van der Waals surface area contributed by atoms with Gasteiger partial charge in [-0.1, -0.05) is 35.9 Å². The minimum Gasteiger partial charge on any atom is -0.452 e. The van der Waals surface area contributed by atoms with Crippen LogP contribution in [0.5, 0.6) is 0 Å². The molecule has 0 saturated carbocycles. The third kappa shape index (κ3) is 5.11. The number of anilines is 3. The molecule has 0 saturated heterocycles. The van der Waals surface area contributed by atoms with Gasteiger partial charge in [0.15, 0.2) is 11.6 Å². The van der Waals surface area contributed by atoms with E-state index in [-0.39, 0.29) is 46.9 Å². The van der Waals surface area contributed by atoms with Crippen LogP contribution in [0.4, 0.5) is 30.9 Å².